The molecule has 0 spiro atoms. The monoisotopic (exact) mass is 304 g/mol. The predicted octanol–water partition coefficient (Wildman–Crippen LogP) is 6.30. The largest absolute Gasteiger partial charge is 0.0901 e. The molecule has 0 aliphatic carbocycles. The Hall–Kier alpha value is -1.99. The number of rotatable bonds is 4. The van der Waals surface area contributed by atoms with Gasteiger partial charge in [0, 0.05) is 15.7 Å². The molecule has 3 aromatic rings. The summed E-state index contributed by atoms with van der Waals surface area (Å²) in [6, 6.07) is 28.3. The van der Waals surface area contributed by atoms with Crippen LogP contribution in [0.15, 0.2) is 88.7 Å². The minimum absolute atomic E-state index is 0.430. The van der Waals surface area contributed by atoms with Crippen LogP contribution < -0.4 is 0 Å². The van der Waals surface area contributed by atoms with Gasteiger partial charge < -0.3 is 0 Å². The molecule has 1 atom stereocenters. The summed E-state index contributed by atoms with van der Waals surface area (Å²) in [6.45, 7) is 4.38. The van der Waals surface area contributed by atoms with E-state index in [0.717, 1.165) is 0 Å². The highest BCUT2D eigenvalue weighted by Crippen LogP contribution is 2.30. The zero-order valence-electron chi connectivity index (χ0n) is 13.0. The van der Waals surface area contributed by atoms with Crippen molar-refractivity contribution < 1.29 is 0 Å². The van der Waals surface area contributed by atoms with E-state index in [2.05, 4.69) is 92.7 Å². The highest BCUT2D eigenvalue weighted by atomic mass is 32.2. The molecular weight excluding hydrogens is 284 g/mol. The smallest absolute Gasteiger partial charge is 0.0122 e. The maximum atomic E-state index is 2.26. The minimum atomic E-state index is 0.430. The van der Waals surface area contributed by atoms with Crippen LogP contribution in [0, 0.1) is 6.92 Å². The molecule has 3 aromatic carbocycles. The summed E-state index contributed by atoms with van der Waals surface area (Å²) in [5.74, 6) is 0.430. The summed E-state index contributed by atoms with van der Waals surface area (Å²) in [5, 5.41) is 0. The lowest BCUT2D eigenvalue weighted by atomic mass is 9.93. The lowest BCUT2D eigenvalue weighted by Gasteiger charge is -2.13. The lowest BCUT2D eigenvalue weighted by molar-refractivity contribution is 0.920. The molecule has 0 amide bonds. The van der Waals surface area contributed by atoms with Crippen molar-refractivity contribution in [2.75, 3.05) is 0 Å². The Labute approximate surface area is 137 Å². The molecule has 1 unspecified atom stereocenters. The average molecular weight is 304 g/mol. The summed E-state index contributed by atoms with van der Waals surface area (Å²) in [7, 11) is 0. The van der Waals surface area contributed by atoms with Crippen LogP contribution in [0.5, 0.6) is 0 Å². The zero-order chi connectivity index (χ0) is 15.4. The molecule has 0 bridgehead atoms. The van der Waals surface area contributed by atoms with E-state index in [9.17, 15) is 0 Å². The number of aryl methyl sites for hydroxylation is 1. The quantitative estimate of drug-likeness (QED) is 0.545. The van der Waals surface area contributed by atoms with E-state index in [1.54, 1.807) is 0 Å². The van der Waals surface area contributed by atoms with Crippen molar-refractivity contribution in [3.05, 3.63) is 95.6 Å². The normalized spacial score (nSPS) is 12.1. The molecule has 0 aliphatic rings. The Kier molecular flexibility index (Phi) is 4.65. The van der Waals surface area contributed by atoms with Crippen molar-refractivity contribution >= 4 is 11.8 Å². The molecule has 3 rings (SSSR count). The van der Waals surface area contributed by atoms with Gasteiger partial charge in [0.05, 0.1) is 0 Å². The Morgan fingerprint density at radius 1 is 0.636 bits per heavy atom. The van der Waals surface area contributed by atoms with Crippen LogP contribution in [0.3, 0.4) is 0 Å². The van der Waals surface area contributed by atoms with Crippen LogP contribution in [0.4, 0.5) is 0 Å². The second kappa shape index (κ2) is 6.85. The van der Waals surface area contributed by atoms with Gasteiger partial charge in [-0.05, 0) is 42.3 Å². The van der Waals surface area contributed by atoms with Gasteiger partial charge in [-0.2, -0.15) is 0 Å². The summed E-state index contributed by atoms with van der Waals surface area (Å²) < 4.78 is 0. The maximum Gasteiger partial charge on any atom is 0.0122 e. The van der Waals surface area contributed by atoms with E-state index in [1.165, 1.54) is 26.5 Å². The number of hydrogen-bond acceptors (Lipinski definition) is 1. The Balaban J connectivity index is 1.74. The van der Waals surface area contributed by atoms with Gasteiger partial charge in [0.25, 0.3) is 0 Å². The number of hydrogen-bond donors (Lipinski definition) is 0. The Bertz CT molecular complexity index is 712. The molecule has 0 saturated heterocycles. The zero-order valence-corrected chi connectivity index (χ0v) is 13.8. The molecule has 0 aromatic heterocycles. The first-order valence-electron chi connectivity index (χ1n) is 7.62. The van der Waals surface area contributed by atoms with Gasteiger partial charge in [0.2, 0.25) is 0 Å². The Morgan fingerprint density at radius 2 is 1.14 bits per heavy atom. The van der Waals surface area contributed by atoms with Crippen LogP contribution in [-0.4, -0.2) is 0 Å². The third-order valence-electron chi connectivity index (χ3n) is 3.94. The maximum absolute atomic E-state index is 2.26. The van der Waals surface area contributed by atoms with Crippen LogP contribution in [0.25, 0.3) is 0 Å². The topological polar surface area (TPSA) is 0 Å². The van der Waals surface area contributed by atoms with E-state index >= 15 is 0 Å². The fourth-order valence-corrected chi connectivity index (χ4v) is 3.32. The Morgan fingerprint density at radius 3 is 1.73 bits per heavy atom. The van der Waals surface area contributed by atoms with Crippen LogP contribution in [0.1, 0.15) is 29.5 Å². The SMILES string of the molecule is Cc1ccc(Sc2ccc(C(C)c3ccccc3)cc2)cc1. The molecular formula is C21H20S. The van der Waals surface area contributed by atoms with Crippen molar-refractivity contribution in [2.24, 2.45) is 0 Å². The van der Waals surface area contributed by atoms with Crippen molar-refractivity contribution in [2.45, 2.75) is 29.6 Å². The van der Waals surface area contributed by atoms with Gasteiger partial charge >= 0.3 is 0 Å². The van der Waals surface area contributed by atoms with Crippen molar-refractivity contribution in [1.82, 2.24) is 0 Å². The second-order valence-electron chi connectivity index (χ2n) is 5.62. The summed E-state index contributed by atoms with van der Waals surface area (Å²) >= 11 is 1.81. The molecule has 0 fully saturated rings. The highest BCUT2D eigenvalue weighted by molar-refractivity contribution is 7.99. The highest BCUT2D eigenvalue weighted by Gasteiger charge is 2.07. The van der Waals surface area contributed by atoms with Gasteiger partial charge in [-0.25, -0.2) is 0 Å². The number of benzene rings is 3. The first kappa shape index (κ1) is 14.9. The fraction of sp³-hybridized carbons (Fsp3) is 0.143. The molecule has 0 heterocycles. The van der Waals surface area contributed by atoms with E-state index in [4.69, 9.17) is 0 Å². The molecule has 0 saturated carbocycles. The third-order valence-corrected chi connectivity index (χ3v) is 4.95. The van der Waals surface area contributed by atoms with Crippen LogP contribution in [0.2, 0.25) is 0 Å². The third kappa shape index (κ3) is 3.61. The minimum Gasteiger partial charge on any atom is -0.0901 e. The van der Waals surface area contributed by atoms with Gasteiger partial charge in [-0.15, -0.1) is 0 Å². The predicted molar refractivity (Wildman–Crippen MR) is 95.7 cm³/mol. The summed E-state index contributed by atoms with van der Waals surface area (Å²) in [4.78, 5) is 2.57. The lowest BCUT2D eigenvalue weighted by Crippen LogP contribution is -1.95. The van der Waals surface area contributed by atoms with Gasteiger partial charge in [-0.3, -0.25) is 0 Å². The molecule has 0 nitrogen and oxygen atoms in total. The van der Waals surface area contributed by atoms with Gasteiger partial charge in [0.15, 0.2) is 0 Å². The molecule has 110 valence electrons. The van der Waals surface area contributed by atoms with E-state index < -0.39 is 0 Å². The first-order chi connectivity index (χ1) is 10.7. The molecule has 0 radical (unpaired) electrons. The van der Waals surface area contributed by atoms with Gasteiger partial charge in [-0.1, -0.05) is 78.8 Å². The van der Waals surface area contributed by atoms with E-state index in [1.807, 2.05) is 11.8 Å². The van der Waals surface area contributed by atoms with Crippen molar-refractivity contribution in [3.63, 3.8) is 0 Å². The molecule has 22 heavy (non-hydrogen) atoms. The second-order valence-corrected chi connectivity index (χ2v) is 6.76. The summed E-state index contributed by atoms with van der Waals surface area (Å²) in [6.07, 6.45) is 0. The average Bonchev–Trinajstić information content (AvgIpc) is 2.58. The van der Waals surface area contributed by atoms with Crippen molar-refractivity contribution in [3.8, 4) is 0 Å². The van der Waals surface area contributed by atoms with Crippen LogP contribution in [-0.2, 0) is 0 Å². The molecule has 0 aliphatic heterocycles. The fourth-order valence-electron chi connectivity index (χ4n) is 2.50. The van der Waals surface area contributed by atoms with Crippen molar-refractivity contribution in [1.29, 1.82) is 0 Å². The summed E-state index contributed by atoms with van der Waals surface area (Å²) in [5.41, 5.74) is 4.03. The first-order valence-corrected chi connectivity index (χ1v) is 8.43. The molecule has 0 N–H and O–H groups in total. The van der Waals surface area contributed by atoms with E-state index in [0.29, 0.717) is 5.92 Å². The van der Waals surface area contributed by atoms with E-state index in [-0.39, 0.29) is 0 Å². The molecule has 1 heteroatoms. The van der Waals surface area contributed by atoms with Crippen LogP contribution >= 0.6 is 11.8 Å². The van der Waals surface area contributed by atoms with Gasteiger partial charge in [0.1, 0.15) is 0 Å². The standard InChI is InChI=1S/C21H20S/c1-16-8-12-20(13-9-16)22-21-14-10-19(11-15-21)17(2)18-6-4-3-5-7-18/h3-15,17H,1-2H3.